The molecule has 0 heterocycles. The Kier molecular flexibility index (Phi) is 5.67. The monoisotopic (exact) mass is 221 g/mol. The van der Waals surface area contributed by atoms with E-state index in [2.05, 4.69) is 20.8 Å². The number of hydrogen-bond donors (Lipinski definition) is 0. The summed E-state index contributed by atoms with van der Waals surface area (Å²) in [4.78, 5) is 0. The van der Waals surface area contributed by atoms with E-state index in [0.717, 1.165) is 17.8 Å². The third kappa shape index (κ3) is 9.99. The first-order chi connectivity index (χ1) is 6.18. The van der Waals surface area contributed by atoms with Crippen LogP contribution in [0.4, 0.5) is 0 Å². The highest BCUT2D eigenvalue weighted by Crippen LogP contribution is 2.37. The summed E-state index contributed by atoms with van der Waals surface area (Å²) in [5.41, 5.74) is 0. The van der Waals surface area contributed by atoms with Crippen molar-refractivity contribution in [3.05, 3.63) is 0 Å². The second-order valence-electron chi connectivity index (χ2n) is 4.78. The molecule has 0 bridgehead atoms. The van der Waals surface area contributed by atoms with E-state index in [0.29, 0.717) is 6.26 Å². The van der Waals surface area contributed by atoms with Crippen LogP contribution in [0.2, 0.25) is 0 Å². The molecule has 1 rings (SSSR count). The van der Waals surface area contributed by atoms with Crippen LogP contribution in [0.5, 0.6) is 0 Å². The molecule has 0 atom stereocenters. The summed E-state index contributed by atoms with van der Waals surface area (Å²) in [5, 5.41) is 0. The maximum Gasteiger partial charge on any atom is 0.0916 e. The van der Waals surface area contributed by atoms with Gasteiger partial charge in [0.2, 0.25) is 0 Å². The molecule has 0 aromatic heterocycles. The molecule has 3 nitrogen and oxygen atoms in total. The zero-order valence-electron chi connectivity index (χ0n) is 9.49. The zero-order valence-corrected chi connectivity index (χ0v) is 10.3. The van der Waals surface area contributed by atoms with Gasteiger partial charge in [-0.2, -0.15) is 0 Å². The van der Waals surface area contributed by atoms with Crippen LogP contribution in [0.1, 0.15) is 40.0 Å². The van der Waals surface area contributed by atoms with Crippen LogP contribution in [0, 0.1) is 17.8 Å². The normalized spacial score (nSPS) is 26.4. The van der Waals surface area contributed by atoms with E-state index in [1.54, 1.807) is 0 Å². The van der Waals surface area contributed by atoms with Gasteiger partial charge in [-0.05, 0) is 37.0 Å². The summed E-state index contributed by atoms with van der Waals surface area (Å²) in [6, 6.07) is 0. The first-order valence-electron chi connectivity index (χ1n) is 5.09. The molecule has 86 valence electrons. The standard InChI is InChI=1S/C9H18.CH4O3S/c1-7(2)4-9-5-8(3)6-9;1-5(2,3)4/h7-9H,4-6H2,1-3H3;1H3,(H,2,3,4)/p-1. The minimum atomic E-state index is -3.92. The third-order valence-electron chi connectivity index (χ3n) is 2.28. The lowest BCUT2D eigenvalue weighted by atomic mass is 9.72. The molecule has 14 heavy (non-hydrogen) atoms. The summed E-state index contributed by atoms with van der Waals surface area (Å²) in [7, 11) is -3.92. The highest BCUT2D eigenvalue weighted by Gasteiger charge is 2.25. The van der Waals surface area contributed by atoms with Gasteiger partial charge >= 0.3 is 0 Å². The van der Waals surface area contributed by atoms with Gasteiger partial charge in [-0.15, -0.1) is 0 Å². The Morgan fingerprint density at radius 3 is 1.93 bits per heavy atom. The highest BCUT2D eigenvalue weighted by molar-refractivity contribution is 7.84. The Balaban J connectivity index is 0.000000292. The van der Waals surface area contributed by atoms with Gasteiger partial charge in [0, 0.05) is 6.26 Å². The third-order valence-corrected chi connectivity index (χ3v) is 2.28. The van der Waals surface area contributed by atoms with Gasteiger partial charge in [-0.3, -0.25) is 0 Å². The SMILES string of the molecule is CC(C)CC1CC(C)C1.CS(=O)(=O)[O-]. The van der Waals surface area contributed by atoms with Crippen molar-refractivity contribution in [2.24, 2.45) is 17.8 Å². The van der Waals surface area contributed by atoms with Crippen LogP contribution >= 0.6 is 0 Å². The molecular weight excluding hydrogens is 200 g/mol. The van der Waals surface area contributed by atoms with Crippen LogP contribution in [0.25, 0.3) is 0 Å². The Morgan fingerprint density at radius 1 is 1.36 bits per heavy atom. The van der Waals surface area contributed by atoms with Gasteiger partial charge in [0.25, 0.3) is 0 Å². The van der Waals surface area contributed by atoms with Crippen LogP contribution in [0.3, 0.4) is 0 Å². The van der Waals surface area contributed by atoms with E-state index in [-0.39, 0.29) is 0 Å². The average molecular weight is 221 g/mol. The van der Waals surface area contributed by atoms with Crippen molar-refractivity contribution in [2.75, 3.05) is 6.26 Å². The summed E-state index contributed by atoms with van der Waals surface area (Å²) in [6.45, 7) is 7.00. The zero-order chi connectivity index (χ0) is 11.4. The largest absolute Gasteiger partial charge is 0.748 e. The Morgan fingerprint density at radius 2 is 1.71 bits per heavy atom. The van der Waals surface area contributed by atoms with Crippen molar-refractivity contribution in [3.8, 4) is 0 Å². The number of rotatable bonds is 2. The first-order valence-corrected chi connectivity index (χ1v) is 6.91. The predicted octanol–water partition coefficient (Wildman–Crippen LogP) is 2.24. The second-order valence-corrected chi connectivity index (χ2v) is 6.18. The molecule has 1 aliphatic rings. The van der Waals surface area contributed by atoms with E-state index in [1.165, 1.54) is 19.3 Å². The van der Waals surface area contributed by atoms with Gasteiger partial charge in [-0.25, -0.2) is 8.42 Å². The van der Waals surface area contributed by atoms with Gasteiger partial charge in [-0.1, -0.05) is 20.8 Å². The highest BCUT2D eigenvalue weighted by atomic mass is 32.2. The maximum absolute atomic E-state index is 9.08. The van der Waals surface area contributed by atoms with E-state index in [4.69, 9.17) is 13.0 Å². The molecule has 1 fully saturated rings. The van der Waals surface area contributed by atoms with Crippen molar-refractivity contribution < 1.29 is 13.0 Å². The lowest BCUT2D eigenvalue weighted by Gasteiger charge is -2.33. The summed E-state index contributed by atoms with van der Waals surface area (Å²) in [5.74, 6) is 3.04. The molecule has 0 amide bonds. The Hall–Kier alpha value is -0.0900. The molecule has 0 aliphatic heterocycles. The van der Waals surface area contributed by atoms with E-state index < -0.39 is 10.1 Å². The molecule has 0 aromatic rings. The van der Waals surface area contributed by atoms with Crippen molar-refractivity contribution in [2.45, 2.75) is 40.0 Å². The van der Waals surface area contributed by atoms with Gasteiger partial charge < -0.3 is 4.55 Å². The van der Waals surface area contributed by atoms with Crippen molar-refractivity contribution in [3.63, 3.8) is 0 Å². The fourth-order valence-corrected chi connectivity index (χ4v) is 1.93. The maximum atomic E-state index is 9.08. The van der Waals surface area contributed by atoms with Gasteiger partial charge in [0.1, 0.15) is 0 Å². The topological polar surface area (TPSA) is 57.2 Å². The molecule has 0 saturated heterocycles. The molecule has 0 radical (unpaired) electrons. The minimum Gasteiger partial charge on any atom is -0.748 e. The smallest absolute Gasteiger partial charge is 0.0916 e. The van der Waals surface area contributed by atoms with E-state index in [1.807, 2.05) is 0 Å². The van der Waals surface area contributed by atoms with Crippen LogP contribution in [-0.2, 0) is 10.1 Å². The average Bonchev–Trinajstić information content (AvgIpc) is 1.78. The summed E-state index contributed by atoms with van der Waals surface area (Å²) < 4.78 is 27.2. The van der Waals surface area contributed by atoms with Crippen LogP contribution < -0.4 is 0 Å². The van der Waals surface area contributed by atoms with E-state index in [9.17, 15) is 0 Å². The quantitative estimate of drug-likeness (QED) is 0.672. The fourth-order valence-electron chi connectivity index (χ4n) is 1.93. The van der Waals surface area contributed by atoms with Gasteiger partial charge in [0.05, 0.1) is 10.1 Å². The first kappa shape index (κ1) is 13.9. The second kappa shape index (κ2) is 5.71. The summed E-state index contributed by atoms with van der Waals surface area (Å²) >= 11 is 0. The van der Waals surface area contributed by atoms with Crippen LogP contribution in [0.15, 0.2) is 0 Å². The fraction of sp³-hybridized carbons (Fsp3) is 1.00. The lowest BCUT2D eigenvalue weighted by molar-refractivity contribution is 0.181. The van der Waals surface area contributed by atoms with Crippen molar-refractivity contribution >= 4 is 10.1 Å². The number of hydrogen-bond acceptors (Lipinski definition) is 3. The Labute approximate surface area is 87.7 Å². The molecule has 1 aliphatic carbocycles. The molecular formula is C10H21O3S-. The lowest BCUT2D eigenvalue weighted by Crippen LogP contribution is -2.22. The van der Waals surface area contributed by atoms with E-state index >= 15 is 0 Å². The molecule has 0 aromatic carbocycles. The summed E-state index contributed by atoms with van der Waals surface area (Å²) in [6.07, 6.45) is 5.06. The molecule has 1 saturated carbocycles. The van der Waals surface area contributed by atoms with Crippen molar-refractivity contribution in [1.82, 2.24) is 0 Å². The minimum absolute atomic E-state index is 0.604. The molecule has 0 unspecified atom stereocenters. The van der Waals surface area contributed by atoms with Crippen LogP contribution in [-0.4, -0.2) is 19.2 Å². The molecule has 4 heteroatoms. The Bertz CT molecular complexity index is 230. The van der Waals surface area contributed by atoms with Crippen molar-refractivity contribution in [1.29, 1.82) is 0 Å². The molecule has 0 N–H and O–H groups in total. The predicted molar refractivity (Wildman–Crippen MR) is 57.0 cm³/mol. The van der Waals surface area contributed by atoms with Gasteiger partial charge in [0.15, 0.2) is 0 Å². The molecule has 0 spiro atoms.